The smallest absolute Gasteiger partial charge is 0.345 e. The van der Waals surface area contributed by atoms with E-state index in [2.05, 4.69) is 9.97 Å². The van der Waals surface area contributed by atoms with E-state index in [1.165, 1.54) is 23.1 Å². The molecule has 0 fully saturated rings. The van der Waals surface area contributed by atoms with E-state index in [1.54, 1.807) is 23.8 Å². The highest BCUT2D eigenvalue weighted by Crippen LogP contribution is 2.28. The maximum Gasteiger partial charge on any atom is 0.345 e. The molecule has 0 aliphatic heterocycles. The Kier molecular flexibility index (Phi) is 3.21. The lowest BCUT2D eigenvalue weighted by Gasteiger charge is -1.96. The molecular formula is C10H8N2O2S2. The summed E-state index contributed by atoms with van der Waals surface area (Å²) in [4.78, 5) is 20.1. The number of nitrogens with zero attached hydrogens (tertiary/aromatic N) is 2. The van der Waals surface area contributed by atoms with Gasteiger partial charge in [-0.25, -0.2) is 14.8 Å². The van der Waals surface area contributed by atoms with Gasteiger partial charge in [0.2, 0.25) is 0 Å². The van der Waals surface area contributed by atoms with Gasteiger partial charge in [-0.1, -0.05) is 0 Å². The molecule has 16 heavy (non-hydrogen) atoms. The summed E-state index contributed by atoms with van der Waals surface area (Å²) in [6.45, 7) is 1.92. The van der Waals surface area contributed by atoms with E-state index in [1.807, 2.05) is 6.92 Å². The Bertz CT molecular complexity index is 508. The normalized spacial score (nSPS) is 10.3. The Labute approximate surface area is 100 Å². The van der Waals surface area contributed by atoms with Gasteiger partial charge in [-0.2, -0.15) is 0 Å². The van der Waals surface area contributed by atoms with Crippen LogP contribution in [0.3, 0.4) is 0 Å². The maximum absolute atomic E-state index is 10.7. The SMILES string of the molecule is Cc1cnc(Sc2csc(C(=O)O)c2)nc1. The Morgan fingerprint density at radius 2 is 2.12 bits per heavy atom. The van der Waals surface area contributed by atoms with Gasteiger partial charge in [0.25, 0.3) is 0 Å². The van der Waals surface area contributed by atoms with E-state index in [0.29, 0.717) is 10.0 Å². The molecule has 0 aliphatic carbocycles. The third-order valence-electron chi connectivity index (χ3n) is 1.75. The molecule has 0 saturated carbocycles. The van der Waals surface area contributed by atoms with E-state index in [4.69, 9.17) is 5.11 Å². The molecule has 4 nitrogen and oxygen atoms in total. The van der Waals surface area contributed by atoms with Gasteiger partial charge < -0.3 is 5.11 Å². The van der Waals surface area contributed by atoms with Gasteiger partial charge in [-0.3, -0.25) is 0 Å². The molecule has 0 bridgehead atoms. The molecule has 0 amide bonds. The van der Waals surface area contributed by atoms with Crippen molar-refractivity contribution in [2.75, 3.05) is 0 Å². The van der Waals surface area contributed by atoms with Crippen molar-refractivity contribution in [1.82, 2.24) is 9.97 Å². The van der Waals surface area contributed by atoms with Gasteiger partial charge in [-0.05, 0) is 30.3 Å². The summed E-state index contributed by atoms with van der Waals surface area (Å²) in [5, 5.41) is 11.2. The monoisotopic (exact) mass is 252 g/mol. The van der Waals surface area contributed by atoms with Gasteiger partial charge in [0.1, 0.15) is 4.88 Å². The molecule has 1 N–H and O–H groups in total. The second kappa shape index (κ2) is 4.63. The zero-order chi connectivity index (χ0) is 11.5. The molecule has 82 valence electrons. The van der Waals surface area contributed by atoms with Crippen molar-refractivity contribution in [3.8, 4) is 0 Å². The number of thiophene rings is 1. The highest BCUT2D eigenvalue weighted by Gasteiger charge is 2.08. The van der Waals surface area contributed by atoms with E-state index >= 15 is 0 Å². The third kappa shape index (κ3) is 2.59. The van der Waals surface area contributed by atoms with Gasteiger partial charge in [0.15, 0.2) is 5.16 Å². The molecule has 0 unspecified atom stereocenters. The van der Waals surface area contributed by atoms with Crippen LogP contribution in [0.5, 0.6) is 0 Å². The number of aromatic carboxylic acids is 1. The minimum absolute atomic E-state index is 0.328. The zero-order valence-corrected chi connectivity index (χ0v) is 10.0. The Morgan fingerprint density at radius 3 is 2.69 bits per heavy atom. The van der Waals surface area contributed by atoms with Crippen LogP contribution in [-0.4, -0.2) is 21.0 Å². The summed E-state index contributed by atoms with van der Waals surface area (Å²) >= 11 is 2.56. The Balaban J connectivity index is 2.14. The number of carboxylic acids is 1. The molecule has 0 spiro atoms. The minimum atomic E-state index is -0.901. The molecule has 2 rings (SSSR count). The maximum atomic E-state index is 10.7. The summed E-state index contributed by atoms with van der Waals surface area (Å²) in [5.41, 5.74) is 1.00. The van der Waals surface area contributed by atoms with Crippen LogP contribution in [0.4, 0.5) is 0 Å². The van der Waals surface area contributed by atoms with Crippen molar-refractivity contribution in [2.24, 2.45) is 0 Å². The summed E-state index contributed by atoms with van der Waals surface area (Å²) in [7, 11) is 0. The van der Waals surface area contributed by atoms with Crippen molar-refractivity contribution in [3.63, 3.8) is 0 Å². The first-order valence-electron chi connectivity index (χ1n) is 4.43. The molecule has 0 aromatic carbocycles. The van der Waals surface area contributed by atoms with Crippen LogP contribution in [0.1, 0.15) is 15.2 Å². The van der Waals surface area contributed by atoms with Crippen molar-refractivity contribution in [2.45, 2.75) is 17.0 Å². The van der Waals surface area contributed by atoms with Gasteiger partial charge in [0, 0.05) is 22.7 Å². The number of hydrogen-bond donors (Lipinski definition) is 1. The summed E-state index contributed by atoms with van der Waals surface area (Å²) in [6.07, 6.45) is 3.47. The number of aromatic nitrogens is 2. The second-order valence-corrected chi connectivity index (χ2v) is 5.05. The van der Waals surface area contributed by atoms with Crippen molar-refractivity contribution >= 4 is 29.1 Å². The lowest BCUT2D eigenvalue weighted by Crippen LogP contribution is -1.90. The molecule has 6 heteroatoms. The summed E-state index contributed by atoms with van der Waals surface area (Å²) < 4.78 is 0. The molecule has 0 radical (unpaired) electrons. The summed E-state index contributed by atoms with van der Waals surface area (Å²) in [5.74, 6) is -0.901. The average molecular weight is 252 g/mol. The van der Waals surface area contributed by atoms with Gasteiger partial charge in [0.05, 0.1) is 0 Å². The fourth-order valence-corrected chi connectivity index (χ4v) is 2.64. The van der Waals surface area contributed by atoms with Crippen LogP contribution in [0.2, 0.25) is 0 Å². The number of hydrogen-bond acceptors (Lipinski definition) is 5. The van der Waals surface area contributed by atoms with E-state index < -0.39 is 5.97 Å². The quantitative estimate of drug-likeness (QED) is 0.851. The molecule has 0 atom stereocenters. The first-order chi connectivity index (χ1) is 7.65. The topological polar surface area (TPSA) is 63.1 Å². The first-order valence-corrected chi connectivity index (χ1v) is 6.13. The molecular weight excluding hydrogens is 244 g/mol. The predicted molar refractivity (Wildman–Crippen MR) is 62.2 cm³/mol. The Morgan fingerprint density at radius 1 is 1.44 bits per heavy atom. The van der Waals surface area contributed by atoms with Crippen LogP contribution in [0.25, 0.3) is 0 Å². The van der Waals surface area contributed by atoms with E-state index in [9.17, 15) is 4.79 Å². The van der Waals surface area contributed by atoms with Crippen molar-refractivity contribution in [1.29, 1.82) is 0 Å². The fourth-order valence-electron chi connectivity index (χ4n) is 1.02. The lowest BCUT2D eigenvalue weighted by molar-refractivity contribution is 0.0702. The zero-order valence-electron chi connectivity index (χ0n) is 8.38. The van der Waals surface area contributed by atoms with E-state index in [0.717, 1.165) is 10.5 Å². The number of carbonyl (C=O) groups is 1. The molecule has 2 aromatic heterocycles. The number of rotatable bonds is 3. The second-order valence-electron chi connectivity index (χ2n) is 3.10. The highest BCUT2D eigenvalue weighted by atomic mass is 32.2. The first kappa shape index (κ1) is 11.1. The van der Waals surface area contributed by atoms with Crippen LogP contribution in [0, 0.1) is 6.92 Å². The molecule has 2 heterocycles. The standard InChI is InChI=1S/C10H8N2O2S2/c1-6-3-11-10(12-4-6)16-7-2-8(9(13)14)15-5-7/h2-5H,1H3,(H,13,14). The molecule has 2 aromatic rings. The van der Waals surface area contributed by atoms with Crippen LogP contribution in [0.15, 0.2) is 33.9 Å². The van der Waals surface area contributed by atoms with Gasteiger partial charge >= 0.3 is 5.97 Å². The fraction of sp³-hybridized carbons (Fsp3) is 0.100. The average Bonchev–Trinajstić information content (AvgIpc) is 2.70. The van der Waals surface area contributed by atoms with Crippen LogP contribution < -0.4 is 0 Å². The number of aryl methyl sites for hydroxylation is 1. The minimum Gasteiger partial charge on any atom is -0.477 e. The van der Waals surface area contributed by atoms with Crippen LogP contribution in [-0.2, 0) is 0 Å². The van der Waals surface area contributed by atoms with Crippen molar-refractivity contribution < 1.29 is 9.90 Å². The van der Waals surface area contributed by atoms with Crippen LogP contribution >= 0.6 is 23.1 Å². The largest absolute Gasteiger partial charge is 0.477 e. The Hall–Kier alpha value is -1.40. The summed E-state index contributed by atoms with van der Waals surface area (Å²) in [6, 6.07) is 1.63. The number of carboxylic acid groups (broad SMARTS) is 1. The third-order valence-corrected chi connectivity index (χ3v) is 3.68. The highest BCUT2D eigenvalue weighted by molar-refractivity contribution is 7.99. The van der Waals surface area contributed by atoms with Crippen molar-refractivity contribution in [3.05, 3.63) is 34.3 Å². The predicted octanol–water partition coefficient (Wildman–Crippen LogP) is 2.70. The van der Waals surface area contributed by atoms with E-state index in [-0.39, 0.29) is 0 Å². The van der Waals surface area contributed by atoms with Gasteiger partial charge in [-0.15, -0.1) is 11.3 Å². The lowest BCUT2D eigenvalue weighted by atomic mass is 10.4. The molecule has 0 aliphatic rings. The molecule has 0 saturated heterocycles.